The van der Waals surface area contributed by atoms with Crippen molar-refractivity contribution in [2.45, 2.75) is 12.8 Å². The molecule has 4 heteroatoms. The second-order valence-electron chi connectivity index (χ2n) is 4.75. The highest BCUT2D eigenvalue weighted by Gasteiger charge is 2.16. The van der Waals surface area contributed by atoms with Crippen LogP contribution in [0.5, 0.6) is 0 Å². The molecule has 0 bridgehead atoms. The van der Waals surface area contributed by atoms with E-state index in [0.29, 0.717) is 6.42 Å². The van der Waals surface area contributed by atoms with Crippen LogP contribution in [-0.4, -0.2) is 11.7 Å². The quantitative estimate of drug-likeness (QED) is 0.867. The Morgan fingerprint density at radius 1 is 0.950 bits per heavy atom. The van der Waals surface area contributed by atoms with Crippen LogP contribution in [0.3, 0.4) is 0 Å². The molecule has 0 spiro atoms. The van der Waals surface area contributed by atoms with Gasteiger partial charge in [0.1, 0.15) is 11.6 Å². The molecule has 1 N–H and O–H groups in total. The summed E-state index contributed by atoms with van der Waals surface area (Å²) in [6, 6.07) is 11.5. The van der Waals surface area contributed by atoms with Crippen LogP contribution in [0.4, 0.5) is 8.78 Å². The molecule has 0 radical (unpaired) electrons. The molecule has 106 valence electrons. The molecule has 0 heterocycles. The molecule has 1 nitrogen and oxygen atoms in total. The van der Waals surface area contributed by atoms with E-state index in [1.54, 1.807) is 0 Å². The predicted octanol–water partition coefficient (Wildman–Crippen LogP) is 4.12. The largest absolute Gasteiger partial charge is 0.396 e. The monoisotopic (exact) mass is 340 g/mol. The van der Waals surface area contributed by atoms with Crippen LogP contribution in [0.2, 0.25) is 0 Å². The van der Waals surface area contributed by atoms with Crippen molar-refractivity contribution in [1.82, 2.24) is 0 Å². The molecule has 20 heavy (non-hydrogen) atoms. The highest BCUT2D eigenvalue weighted by Crippen LogP contribution is 2.23. The van der Waals surface area contributed by atoms with Crippen LogP contribution < -0.4 is 0 Å². The van der Waals surface area contributed by atoms with Crippen LogP contribution >= 0.6 is 15.9 Å². The van der Waals surface area contributed by atoms with Crippen LogP contribution in [0.1, 0.15) is 11.1 Å². The fourth-order valence-electron chi connectivity index (χ4n) is 2.19. The van der Waals surface area contributed by atoms with Crippen LogP contribution in [0.25, 0.3) is 0 Å². The van der Waals surface area contributed by atoms with E-state index < -0.39 is 11.6 Å². The van der Waals surface area contributed by atoms with E-state index in [1.165, 1.54) is 18.2 Å². The first kappa shape index (κ1) is 15.1. The lowest BCUT2D eigenvalue weighted by atomic mass is 9.93. The smallest absolute Gasteiger partial charge is 0.129 e. The Morgan fingerprint density at radius 2 is 1.60 bits per heavy atom. The van der Waals surface area contributed by atoms with Gasteiger partial charge in [0, 0.05) is 16.6 Å². The highest BCUT2D eigenvalue weighted by molar-refractivity contribution is 9.10. The maximum Gasteiger partial charge on any atom is 0.129 e. The lowest BCUT2D eigenvalue weighted by Gasteiger charge is -2.16. The number of aliphatic hydroxyl groups excluding tert-OH is 1. The van der Waals surface area contributed by atoms with Gasteiger partial charge in [-0.25, -0.2) is 8.78 Å². The molecular formula is C16H15BrF2O. The second kappa shape index (κ2) is 6.95. The Bertz CT molecular complexity index is 566. The minimum Gasteiger partial charge on any atom is -0.396 e. The van der Waals surface area contributed by atoms with Crippen molar-refractivity contribution in [3.05, 3.63) is 69.7 Å². The lowest BCUT2D eigenvalue weighted by Crippen LogP contribution is -2.15. The van der Waals surface area contributed by atoms with E-state index in [0.717, 1.165) is 10.0 Å². The molecular weight excluding hydrogens is 326 g/mol. The zero-order valence-electron chi connectivity index (χ0n) is 10.8. The molecule has 2 aromatic rings. The lowest BCUT2D eigenvalue weighted by molar-refractivity contribution is 0.223. The molecule has 1 unspecified atom stereocenters. The summed E-state index contributed by atoms with van der Waals surface area (Å²) in [7, 11) is 0. The Labute approximate surface area is 125 Å². The van der Waals surface area contributed by atoms with Gasteiger partial charge in [-0.2, -0.15) is 0 Å². The van der Waals surface area contributed by atoms with E-state index in [-0.39, 0.29) is 24.5 Å². The summed E-state index contributed by atoms with van der Waals surface area (Å²) >= 11 is 3.44. The topological polar surface area (TPSA) is 20.2 Å². The van der Waals surface area contributed by atoms with Gasteiger partial charge in [-0.15, -0.1) is 0 Å². The molecule has 0 aliphatic rings. The fraction of sp³-hybridized carbons (Fsp3) is 0.250. The van der Waals surface area contributed by atoms with Gasteiger partial charge in [0.05, 0.1) is 0 Å². The molecule has 0 aliphatic carbocycles. The summed E-state index contributed by atoms with van der Waals surface area (Å²) in [6.45, 7) is -0.116. The first-order valence-electron chi connectivity index (χ1n) is 6.39. The summed E-state index contributed by atoms with van der Waals surface area (Å²) < 4.78 is 28.2. The first-order chi connectivity index (χ1) is 9.61. The predicted molar refractivity (Wildman–Crippen MR) is 78.5 cm³/mol. The van der Waals surface area contributed by atoms with Crippen LogP contribution in [0, 0.1) is 17.6 Å². The van der Waals surface area contributed by atoms with Crippen molar-refractivity contribution in [1.29, 1.82) is 0 Å². The SMILES string of the molecule is OCC(Cc1ccccc1Br)Cc1c(F)cccc1F. The molecule has 2 aromatic carbocycles. The first-order valence-corrected chi connectivity index (χ1v) is 7.18. The van der Waals surface area contributed by atoms with Gasteiger partial charge in [0.2, 0.25) is 0 Å². The number of halogens is 3. The highest BCUT2D eigenvalue weighted by atomic mass is 79.9. The number of hydrogen-bond acceptors (Lipinski definition) is 1. The maximum atomic E-state index is 13.6. The minimum absolute atomic E-state index is 0.0404. The van der Waals surface area contributed by atoms with Crippen molar-refractivity contribution in [2.75, 3.05) is 6.61 Å². The molecule has 0 saturated heterocycles. The number of rotatable bonds is 5. The van der Waals surface area contributed by atoms with Crippen molar-refractivity contribution in [2.24, 2.45) is 5.92 Å². The van der Waals surface area contributed by atoms with Crippen molar-refractivity contribution in [3.8, 4) is 0 Å². The summed E-state index contributed by atoms with van der Waals surface area (Å²) in [4.78, 5) is 0. The van der Waals surface area contributed by atoms with Gasteiger partial charge in [-0.05, 0) is 42.5 Å². The third kappa shape index (κ3) is 3.64. The third-order valence-corrected chi connectivity index (χ3v) is 4.05. The van der Waals surface area contributed by atoms with E-state index in [1.807, 2.05) is 24.3 Å². The summed E-state index contributed by atoms with van der Waals surface area (Å²) in [5, 5.41) is 9.46. The normalized spacial score (nSPS) is 12.4. The van der Waals surface area contributed by atoms with Crippen LogP contribution in [-0.2, 0) is 12.8 Å². The average Bonchev–Trinajstić information content (AvgIpc) is 2.44. The Balaban J connectivity index is 2.16. The van der Waals surface area contributed by atoms with E-state index in [9.17, 15) is 13.9 Å². The van der Waals surface area contributed by atoms with Gasteiger partial charge in [-0.1, -0.05) is 40.2 Å². The Morgan fingerprint density at radius 3 is 2.20 bits per heavy atom. The van der Waals surface area contributed by atoms with Gasteiger partial charge < -0.3 is 5.11 Å². The zero-order valence-corrected chi connectivity index (χ0v) is 12.4. The molecule has 0 amide bonds. The molecule has 0 aliphatic heterocycles. The van der Waals surface area contributed by atoms with E-state index in [2.05, 4.69) is 15.9 Å². The molecule has 2 rings (SSSR count). The third-order valence-electron chi connectivity index (χ3n) is 3.28. The minimum atomic E-state index is -0.560. The Kier molecular flexibility index (Phi) is 5.26. The van der Waals surface area contributed by atoms with E-state index >= 15 is 0 Å². The van der Waals surface area contributed by atoms with E-state index in [4.69, 9.17) is 0 Å². The summed E-state index contributed by atoms with van der Waals surface area (Å²) in [6.07, 6.45) is 0.738. The van der Waals surface area contributed by atoms with Gasteiger partial charge in [0.25, 0.3) is 0 Å². The maximum absolute atomic E-state index is 13.6. The van der Waals surface area contributed by atoms with Crippen LogP contribution in [0.15, 0.2) is 46.9 Å². The summed E-state index contributed by atoms with van der Waals surface area (Å²) in [5.74, 6) is -1.34. The number of aliphatic hydroxyl groups is 1. The molecule has 1 atom stereocenters. The molecule has 0 fully saturated rings. The van der Waals surface area contributed by atoms with Crippen molar-refractivity contribution in [3.63, 3.8) is 0 Å². The van der Waals surface area contributed by atoms with Gasteiger partial charge in [-0.3, -0.25) is 0 Å². The number of hydrogen-bond donors (Lipinski definition) is 1. The summed E-state index contributed by atoms with van der Waals surface area (Å²) in [5.41, 5.74) is 1.06. The standard InChI is InChI=1S/C16H15BrF2O/c17-14-5-2-1-4-12(14)8-11(10-20)9-13-15(18)6-3-7-16(13)19/h1-7,11,20H,8-10H2. The average molecular weight is 341 g/mol. The van der Waals surface area contributed by atoms with Gasteiger partial charge in [0.15, 0.2) is 0 Å². The molecule has 0 aromatic heterocycles. The second-order valence-corrected chi connectivity index (χ2v) is 5.60. The zero-order chi connectivity index (χ0) is 14.5. The Hall–Kier alpha value is -1.26. The number of benzene rings is 2. The fourth-order valence-corrected chi connectivity index (χ4v) is 2.64. The van der Waals surface area contributed by atoms with Gasteiger partial charge >= 0.3 is 0 Å². The van der Waals surface area contributed by atoms with Crippen molar-refractivity contribution >= 4 is 15.9 Å². The molecule has 0 saturated carbocycles. The van der Waals surface area contributed by atoms with Crippen molar-refractivity contribution < 1.29 is 13.9 Å².